The van der Waals surface area contributed by atoms with Gasteiger partial charge in [-0.15, -0.1) is 0 Å². The van der Waals surface area contributed by atoms with Crippen LogP contribution < -0.4 is 5.45 Å². The highest BCUT2D eigenvalue weighted by Crippen LogP contribution is 2.43. The van der Waals surface area contributed by atoms with Crippen LogP contribution in [0.1, 0.15) is 28.1 Å². The maximum absolute atomic E-state index is 4.68. The number of hydrogen-bond acceptors (Lipinski definition) is 1. The summed E-state index contributed by atoms with van der Waals surface area (Å²) < 4.78 is 0. The molecule has 0 bridgehead atoms. The van der Waals surface area contributed by atoms with Gasteiger partial charge in [0.25, 0.3) is 0 Å². The van der Waals surface area contributed by atoms with Crippen LogP contribution >= 0.6 is 0 Å². The summed E-state index contributed by atoms with van der Waals surface area (Å²) in [6.07, 6.45) is 0. The lowest BCUT2D eigenvalue weighted by Gasteiger charge is -2.10. The minimum absolute atomic E-state index is 0.433. The van der Waals surface area contributed by atoms with Gasteiger partial charge >= 0.3 is 0 Å². The van der Waals surface area contributed by atoms with Crippen LogP contribution in [0.5, 0.6) is 0 Å². The van der Waals surface area contributed by atoms with Crippen molar-refractivity contribution < 1.29 is 0 Å². The molecule has 2 nitrogen and oxygen atoms in total. The molecule has 1 aliphatic carbocycles. The molecule has 0 saturated heterocycles. The van der Waals surface area contributed by atoms with Gasteiger partial charge < -0.3 is 4.98 Å². The van der Waals surface area contributed by atoms with E-state index in [2.05, 4.69) is 72.3 Å². The number of nitrogens with zero attached hydrogens (tertiary/aromatic N) is 1. The molecule has 0 aliphatic heterocycles. The summed E-state index contributed by atoms with van der Waals surface area (Å²) in [5.41, 5.74) is 9.46. The first-order valence-electron chi connectivity index (χ1n) is 7.22. The van der Waals surface area contributed by atoms with Gasteiger partial charge in [-0.25, -0.2) is 4.98 Å². The predicted molar refractivity (Wildman–Crippen MR) is 87.2 cm³/mol. The standard InChI is InChI=1S/C18H16N2Si/c1-11-12(2)20-18(19-11)21-17-15-9-5-3-7-13(15)14-8-4-6-10-16(14)17/h3-10,17H,1-2H3,(H,19,20). The molecule has 0 spiro atoms. The van der Waals surface area contributed by atoms with E-state index in [0.29, 0.717) is 15.1 Å². The lowest BCUT2D eigenvalue weighted by Crippen LogP contribution is -2.25. The van der Waals surface area contributed by atoms with Crippen molar-refractivity contribution in [1.82, 2.24) is 9.97 Å². The number of benzene rings is 2. The summed E-state index contributed by atoms with van der Waals surface area (Å²) in [4.78, 5) is 8.11. The monoisotopic (exact) mass is 288 g/mol. The Morgan fingerprint density at radius 2 is 1.48 bits per heavy atom. The van der Waals surface area contributed by atoms with Gasteiger partial charge in [0.05, 0.1) is 11.1 Å². The first-order valence-corrected chi connectivity index (χ1v) is 8.30. The van der Waals surface area contributed by atoms with Crippen molar-refractivity contribution in [2.75, 3.05) is 0 Å². The van der Waals surface area contributed by atoms with E-state index in [-0.39, 0.29) is 0 Å². The van der Waals surface area contributed by atoms with Gasteiger partial charge in [-0.05, 0) is 36.1 Å². The summed E-state index contributed by atoms with van der Waals surface area (Å²) >= 11 is 0. The zero-order valence-electron chi connectivity index (χ0n) is 12.1. The van der Waals surface area contributed by atoms with Crippen molar-refractivity contribution in [1.29, 1.82) is 0 Å². The fraction of sp³-hybridized carbons (Fsp3) is 0.167. The van der Waals surface area contributed by atoms with E-state index in [1.165, 1.54) is 27.9 Å². The topological polar surface area (TPSA) is 28.7 Å². The molecule has 1 aliphatic rings. The molecule has 3 aromatic rings. The number of fused-ring (bicyclic) bond motifs is 3. The SMILES string of the molecule is Cc1nc([Si]C2c3ccccc3-c3ccccc32)[nH]c1C. The minimum Gasteiger partial charge on any atom is -0.350 e. The van der Waals surface area contributed by atoms with Gasteiger partial charge in [0.15, 0.2) is 0 Å². The van der Waals surface area contributed by atoms with Gasteiger partial charge in [-0.1, -0.05) is 48.5 Å². The Bertz CT molecular complexity index is 755. The molecule has 21 heavy (non-hydrogen) atoms. The molecular weight excluding hydrogens is 272 g/mol. The Morgan fingerprint density at radius 1 is 0.905 bits per heavy atom. The van der Waals surface area contributed by atoms with Crippen LogP contribution in [0.2, 0.25) is 0 Å². The molecule has 0 fully saturated rings. The second-order valence-electron chi connectivity index (χ2n) is 5.55. The second kappa shape index (κ2) is 4.71. The first-order chi connectivity index (χ1) is 10.2. The van der Waals surface area contributed by atoms with E-state index in [1.807, 2.05) is 0 Å². The van der Waals surface area contributed by atoms with Gasteiger partial charge in [0, 0.05) is 11.2 Å². The normalized spacial score (nSPS) is 13.2. The highest BCUT2D eigenvalue weighted by molar-refractivity contribution is 6.54. The van der Waals surface area contributed by atoms with E-state index in [0.717, 1.165) is 11.1 Å². The van der Waals surface area contributed by atoms with E-state index in [9.17, 15) is 0 Å². The van der Waals surface area contributed by atoms with Gasteiger partial charge in [-0.3, -0.25) is 0 Å². The fourth-order valence-corrected chi connectivity index (χ4v) is 4.64. The van der Waals surface area contributed by atoms with Crippen molar-refractivity contribution in [3.8, 4) is 11.1 Å². The van der Waals surface area contributed by atoms with Crippen LogP contribution in [-0.2, 0) is 0 Å². The third-order valence-corrected chi connectivity index (χ3v) is 5.66. The lowest BCUT2D eigenvalue weighted by molar-refractivity contribution is 1.17. The zero-order chi connectivity index (χ0) is 14.4. The first kappa shape index (κ1) is 12.6. The third kappa shape index (κ3) is 1.96. The van der Waals surface area contributed by atoms with E-state index in [1.54, 1.807) is 0 Å². The van der Waals surface area contributed by atoms with Crippen molar-refractivity contribution in [3.05, 3.63) is 71.0 Å². The number of aromatic nitrogens is 2. The van der Waals surface area contributed by atoms with Crippen LogP contribution in [0, 0.1) is 13.8 Å². The largest absolute Gasteiger partial charge is 0.350 e. The molecule has 0 saturated carbocycles. The molecule has 4 rings (SSSR count). The van der Waals surface area contributed by atoms with Crippen molar-refractivity contribution in [2.24, 2.45) is 0 Å². The summed E-state index contributed by atoms with van der Waals surface area (Å²) in [5, 5.41) is 0. The Morgan fingerprint density at radius 3 is 2.00 bits per heavy atom. The fourth-order valence-electron chi connectivity index (χ4n) is 3.06. The molecule has 2 aromatic carbocycles. The molecular formula is C18H16N2Si. The molecule has 0 unspecified atom stereocenters. The lowest BCUT2D eigenvalue weighted by atomic mass is 10.1. The van der Waals surface area contributed by atoms with E-state index in [4.69, 9.17) is 0 Å². The highest BCUT2D eigenvalue weighted by Gasteiger charge is 2.29. The maximum atomic E-state index is 4.68. The Labute approximate surface area is 127 Å². The number of imidazole rings is 1. The van der Waals surface area contributed by atoms with Crippen LogP contribution in [0.25, 0.3) is 11.1 Å². The number of rotatable bonds is 2. The van der Waals surface area contributed by atoms with Gasteiger partial charge in [-0.2, -0.15) is 0 Å². The molecule has 1 heterocycles. The molecule has 1 aromatic heterocycles. The molecule has 0 atom stereocenters. The average Bonchev–Trinajstić information content (AvgIpc) is 2.99. The number of H-pyrrole nitrogens is 1. The predicted octanol–water partition coefficient (Wildman–Crippen LogP) is 3.13. The summed E-state index contributed by atoms with van der Waals surface area (Å²) in [5.74, 6) is 0. The van der Waals surface area contributed by atoms with E-state index < -0.39 is 0 Å². The van der Waals surface area contributed by atoms with Crippen molar-refractivity contribution in [2.45, 2.75) is 19.4 Å². The number of aromatic amines is 1. The summed E-state index contributed by atoms with van der Waals surface area (Å²) in [7, 11) is 0.643. The zero-order valence-corrected chi connectivity index (χ0v) is 13.1. The van der Waals surface area contributed by atoms with Gasteiger partial charge in [0.1, 0.15) is 9.52 Å². The van der Waals surface area contributed by atoms with Crippen LogP contribution in [0.4, 0.5) is 0 Å². The molecule has 102 valence electrons. The van der Waals surface area contributed by atoms with Crippen LogP contribution in [-0.4, -0.2) is 19.5 Å². The Kier molecular flexibility index (Phi) is 2.82. The molecule has 0 amide bonds. The van der Waals surface area contributed by atoms with Crippen molar-refractivity contribution in [3.63, 3.8) is 0 Å². The quantitative estimate of drug-likeness (QED) is 0.721. The van der Waals surface area contributed by atoms with Gasteiger partial charge in [0.2, 0.25) is 0 Å². The maximum Gasteiger partial charge on any atom is 0.145 e. The summed E-state index contributed by atoms with van der Waals surface area (Å²) in [6.45, 7) is 4.16. The average molecular weight is 288 g/mol. The minimum atomic E-state index is 0.433. The second-order valence-corrected chi connectivity index (χ2v) is 6.89. The smallest absolute Gasteiger partial charge is 0.145 e. The highest BCUT2D eigenvalue weighted by atomic mass is 28.2. The van der Waals surface area contributed by atoms with Crippen LogP contribution in [0.15, 0.2) is 48.5 Å². The van der Waals surface area contributed by atoms with Crippen LogP contribution in [0.3, 0.4) is 0 Å². The number of aryl methyl sites for hydroxylation is 2. The van der Waals surface area contributed by atoms with Crippen molar-refractivity contribution >= 4 is 15.0 Å². The molecule has 2 radical (unpaired) electrons. The third-order valence-electron chi connectivity index (χ3n) is 4.24. The number of hydrogen-bond donors (Lipinski definition) is 1. The molecule has 1 N–H and O–H groups in total. The summed E-state index contributed by atoms with van der Waals surface area (Å²) in [6, 6.07) is 17.5. The Balaban J connectivity index is 1.81. The van der Waals surface area contributed by atoms with E-state index >= 15 is 0 Å². The Hall–Kier alpha value is -2.13. The number of nitrogens with one attached hydrogen (secondary N) is 1. The molecule has 3 heteroatoms.